The highest BCUT2D eigenvalue weighted by molar-refractivity contribution is 6.06. The molecule has 0 spiro atoms. The van der Waals surface area contributed by atoms with Gasteiger partial charge in [0.15, 0.2) is 0 Å². The molecule has 1 amide bonds. The highest BCUT2D eigenvalue weighted by Crippen LogP contribution is 2.26. The molecule has 7 nitrogen and oxygen atoms in total. The van der Waals surface area contributed by atoms with E-state index in [4.69, 9.17) is 15.5 Å². The van der Waals surface area contributed by atoms with Crippen LogP contribution in [0, 0.1) is 12.7 Å². The molecular formula is C24H24FN5O2. The van der Waals surface area contributed by atoms with Crippen LogP contribution in [0.2, 0.25) is 0 Å². The predicted molar refractivity (Wildman–Crippen MR) is 121 cm³/mol. The zero-order valence-electron chi connectivity index (χ0n) is 17.9. The van der Waals surface area contributed by atoms with Crippen molar-refractivity contribution in [2.24, 2.45) is 5.73 Å². The van der Waals surface area contributed by atoms with Gasteiger partial charge in [-0.1, -0.05) is 18.2 Å². The summed E-state index contributed by atoms with van der Waals surface area (Å²) in [7, 11) is 1.64. The van der Waals surface area contributed by atoms with Gasteiger partial charge in [-0.2, -0.15) is 4.98 Å². The van der Waals surface area contributed by atoms with E-state index in [0.717, 1.165) is 27.7 Å². The number of methoxy groups -OCH3 is 1. The van der Waals surface area contributed by atoms with Gasteiger partial charge in [0.05, 0.1) is 12.1 Å². The lowest BCUT2D eigenvalue weighted by Crippen LogP contribution is -2.12. The van der Waals surface area contributed by atoms with Gasteiger partial charge in [-0.25, -0.2) is 9.37 Å². The maximum atomic E-state index is 13.6. The normalized spacial score (nSPS) is 11.1. The smallest absolute Gasteiger partial charge is 0.249 e. The number of carbonyl (C=O) groups excluding carboxylic acids is 1. The number of aromatic nitrogens is 3. The van der Waals surface area contributed by atoms with E-state index in [2.05, 4.69) is 10.3 Å². The number of ether oxygens (including phenoxy) is 1. The van der Waals surface area contributed by atoms with E-state index in [9.17, 15) is 9.18 Å². The molecule has 0 aliphatic rings. The Bertz CT molecular complexity index is 1280. The molecular weight excluding hydrogens is 409 g/mol. The number of fused-ring (bicyclic) bond motifs is 1. The molecule has 4 rings (SSSR count). The highest BCUT2D eigenvalue weighted by Gasteiger charge is 2.16. The molecule has 8 heteroatoms. The fraction of sp³-hybridized carbons (Fsp3) is 0.208. The van der Waals surface area contributed by atoms with Crippen molar-refractivity contribution in [2.75, 3.05) is 19.0 Å². The van der Waals surface area contributed by atoms with Crippen molar-refractivity contribution in [1.29, 1.82) is 0 Å². The van der Waals surface area contributed by atoms with Crippen LogP contribution in [0.3, 0.4) is 0 Å². The van der Waals surface area contributed by atoms with Crippen LogP contribution < -0.4 is 11.1 Å². The van der Waals surface area contributed by atoms with Crippen molar-refractivity contribution < 1.29 is 13.9 Å². The van der Waals surface area contributed by atoms with Gasteiger partial charge in [0, 0.05) is 48.5 Å². The van der Waals surface area contributed by atoms with E-state index in [1.807, 2.05) is 29.7 Å². The number of carbonyl (C=O) groups is 1. The van der Waals surface area contributed by atoms with Gasteiger partial charge >= 0.3 is 0 Å². The number of amides is 1. The fourth-order valence-electron chi connectivity index (χ4n) is 3.73. The molecule has 2 aromatic carbocycles. The van der Waals surface area contributed by atoms with E-state index < -0.39 is 5.91 Å². The molecule has 164 valence electrons. The molecule has 0 bridgehead atoms. The van der Waals surface area contributed by atoms with Crippen LogP contribution >= 0.6 is 0 Å². The van der Waals surface area contributed by atoms with Gasteiger partial charge in [-0.05, 0) is 42.8 Å². The summed E-state index contributed by atoms with van der Waals surface area (Å²) in [4.78, 5) is 21.2. The van der Waals surface area contributed by atoms with Crippen LogP contribution in [-0.2, 0) is 17.7 Å². The molecule has 2 aromatic heterocycles. The van der Waals surface area contributed by atoms with Crippen molar-refractivity contribution in [2.45, 2.75) is 19.9 Å². The number of benzene rings is 2. The third-order valence-electron chi connectivity index (χ3n) is 5.27. The first-order chi connectivity index (χ1) is 15.5. The number of primary amides is 1. The first-order valence-electron chi connectivity index (χ1n) is 10.2. The van der Waals surface area contributed by atoms with E-state index in [0.29, 0.717) is 36.9 Å². The number of rotatable bonds is 8. The topological polar surface area (TPSA) is 95.1 Å². The maximum Gasteiger partial charge on any atom is 0.249 e. The molecule has 0 saturated heterocycles. The average molecular weight is 433 g/mol. The van der Waals surface area contributed by atoms with E-state index in [-0.39, 0.29) is 5.82 Å². The monoisotopic (exact) mass is 433 g/mol. The number of halogens is 1. The standard InChI is InChI=1S/C24H24FN5O2/c1-15-11-20-19(22(26)31)7-4-8-21(20)30(15)24-28-14-17(9-10-32-2)23(29-24)27-13-16-5-3-6-18(25)12-16/h3-8,11-12,14H,9-10,13H2,1-2H3,(H2,26,31)(H,27,28,29). The van der Waals surface area contributed by atoms with Crippen LogP contribution in [0.5, 0.6) is 0 Å². The summed E-state index contributed by atoms with van der Waals surface area (Å²) in [5.74, 6) is 0.332. The van der Waals surface area contributed by atoms with E-state index in [1.165, 1.54) is 12.1 Å². The lowest BCUT2D eigenvalue weighted by Gasteiger charge is -2.14. The number of anilines is 1. The van der Waals surface area contributed by atoms with Crippen molar-refractivity contribution in [3.05, 3.63) is 82.9 Å². The van der Waals surface area contributed by atoms with Gasteiger partial charge in [0.2, 0.25) is 11.9 Å². The lowest BCUT2D eigenvalue weighted by atomic mass is 10.1. The highest BCUT2D eigenvalue weighted by atomic mass is 19.1. The van der Waals surface area contributed by atoms with Gasteiger partial charge < -0.3 is 15.8 Å². The minimum Gasteiger partial charge on any atom is -0.384 e. The van der Waals surface area contributed by atoms with Crippen LogP contribution in [0.15, 0.2) is 54.7 Å². The molecule has 0 aliphatic carbocycles. The van der Waals surface area contributed by atoms with E-state index >= 15 is 0 Å². The summed E-state index contributed by atoms with van der Waals surface area (Å²) >= 11 is 0. The predicted octanol–water partition coefficient (Wildman–Crippen LogP) is 3.77. The van der Waals surface area contributed by atoms with Gasteiger partial charge in [-0.15, -0.1) is 0 Å². The molecule has 3 N–H and O–H groups in total. The summed E-state index contributed by atoms with van der Waals surface area (Å²) in [6.45, 7) is 2.85. The minimum absolute atomic E-state index is 0.285. The Kier molecular flexibility index (Phi) is 6.13. The molecule has 32 heavy (non-hydrogen) atoms. The number of hydrogen-bond donors (Lipinski definition) is 2. The summed E-state index contributed by atoms with van der Waals surface area (Å²) in [5, 5.41) is 4.05. The van der Waals surface area contributed by atoms with Gasteiger partial charge in [0.1, 0.15) is 11.6 Å². The van der Waals surface area contributed by atoms with Crippen LogP contribution in [-0.4, -0.2) is 34.2 Å². The number of hydrogen-bond acceptors (Lipinski definition) is 5. The van der Waals surface area contributed by atoms with E-state index in [1.54, 1.807) is 31.5 Å². The quantitative estimate of drug-likeness (QED) is 0.441. The van der Waals surface area contributed by atoms with Crippen LogP contribution in [0.25, 0.3) is 16.9 Å². The Balaban J connectivity index is 1.75. The third kappa shape index (κ3) is 4.31. The molecule has 0 saturated carbocycles. The lowest BCUT2D eigenvalue weighted by molar-refractivity contribution is 0.100. The second-order valence-electron chi connectivity index (χ2n) is 7.49. The SMILES string of the molecule is COCCc1cnc(-n2c(C)cc3c(C(N)=O)cccc32)nc1NCc1cccc(F)c1. The average Bonchev–Trinajstić information content (AvgIpc) is 3.12. The van der Waals surface area contributed by atoms with Crippen LogP contribution in [0.4, 0.5) is 10.2 Å². The Morgan fingerprint density at radius 2 is 2.03 bits per heavy atom. The zero-order valence-corrected chi connectivity index (χ0v) is 17.9. The molecule has 2 heterocycles. The second kappa shape index (κ2) is 9.15. The Morgan fingerprint density at radius 1 is 1.22 bits per heavy atom. The maximum absolute atomic E-state index is 13.6. The fourth-order valence-corrected chi connectivity index (χ4v) is 3.73. The summed E-state index contributed by atoms with van der Waals surface area (Å²) in [5.41, 5.74) is 9.35. The molecule has 0 aliphatic heterocycles. The van der Waals surface area contributed by atoms with Crippen molar-refractivity contribution in [1.82, 2.24) is 14.5 Å². The first kappa shape index (κ1) is 21.5. The largest absolute Gasteiger partial charge is 0.384 e. The summed E-state index contributed by atoms with van der Waals surface area (Å²) in [6.07, 6.45) is 2.39. The number of nitrogens with one attached hydrogen (secondary N) is 1. The van der Waals surface area contributed by atoms with Gasteiger partial charge in [-0.3, -0.25) is 9.36 Å². The molecule has 0 radical (unpaired) electrons. The van der Waals surface area contributed by atoms with Crippen molar-refractivity contribution in [3.63, 3.8) is 0 Å². The van der Waals surface area contributed by atoms with Gasteiger partial charge in [0.25, 0.3) is 0 Å². The minimum atomic E-state index is -0.485. The Labute approximate surface area is 185 Å². The number of nitrogens with zero attached hydrogens (tertiary/aromatic N) is 3. The number of nitrogens with two attached hydrogens (primary N) is 1. The van der Waals surface area contributed by atoms with Crippen LogP contribution in [0.1, 0.15) is 27.2 Å². The third-order valence-corrected chi connectivity index (χ3v) is 5.27. The Hall–Kier alpha value is -3.78. The zero-order chi connectivity index (χ0) is 22.7. The first-order valence-corrected chi connectivity index (χ1v) is 10.2. The summed E-state index contributed by atoms with van der Waals surface area (Å²) < 4.78 is 20.7. The molecule has 0 unspecified atom stereocenters. The number of aryl methyl sites for hydroxylation is 1. The van der Waals surface area contributed by atoms with Crippen molar-refractivity contribution >= 4 is 22.6 Å². The molecule has 0 fully saturated rings. The molecule has 0 atom stereocenters. The Morgan fingerprint density at radius 3 is 2.78 bits per heavy atom. The van der Waals surface area contributed by atoms with Crippen molar-refractivity contribution in [3.8, 4) is 5.95 Å². The second-order valence-corrected chi connectivity index (χ2v) is 7.49. The molecule has 4 aromatic rings. The summed E-state index contributed by atoms with van der Waals surface area (Å²) in [6, 6.07) is 13.7.